The van der Waals surface area contributed by atoms with Gasteiger partial charge in [0.1, 0.15) is 5.82 Å². The van der Waals surface area contributed by atoms with Crippen LogP contribution >= 0.6 is 11.6 Å². The lowest BCUT2D eigenvalue weighted by atomic mass is 9.80. The van der Waals surface area contributed by atoms with Crippen molar-refractivity contribution in [3.05, 3.63) is 34.6 Å². The highest BCUT2D eigenvalue weighted by atomic mass is 35.5. The smallest absolute Gasteiger partial charge is 0.141 e. The zero-order valence-corrected chi connectivity index (χ0v) is 10.1. The van der Waals surface area contributed by atoms with Gasteiger partial charge in [-0.2, -0.15) is 0 Å². The molecule has 1 aromatic carbocycles. The molecule has 16 heavy (non-hydrogen) atoms. The number of hydrogen-bond acceptors (Lipinski definition) is 2. The van der Waals surface area contributed by atoms with Gasteiger partial charge >= 0.3 is 0 Å². The second kappa shape index (κ2) is 5.62. The van der Waals surface area contributed by atoms with Crippen LogP contribution in [0.3, 0.4) is 0 Å². The van der Waals surface area contributed by atoms with Gasteiger partial charge in [-0.05, 0) is 30.5 Å². The van der Waals surface area contributed by atoms with Gasteiger partial charge in [0, 0.05) is 12.0 Å². The van der Waals surface area contributed by atoms with Gasteiger partial charge in [-0.1, -0.05) is 24.6 Å². The lowest BCUT2D eigenvalue weighted by Gasteiger charge is -2.29. The van der Waals surface area contributed by atoms with E-state index >= 15 is 0 Å². The van der Waals surface area contributed by atoms with Gasteiger partial charge < -0.3 is 10.8 Å². The molecule has 1 unspecified atom stereocenters. The van der Waals surface area contributed by atoms with E-state index in [0.29, 0.717) is 13.0 Å². The topological polar surface area (TPSA) is 46.2 Å². The Balaban J connectivity index is 2.89. The zero-order chi connectivity index (χ0) is 12.2. The summed E-state index contributed by atoms with van der Waals surface area (Å²) >= 11 is 5.70. The van der Waals surface area contributed by atoms with Gasteiger partial charge in [0.25, 0.3) is 0 Å². The van der Waals surface area contributed by atoms with Crippen LogP contribution in [0, 0.1) is 11.2 Å². The summed E-state index contributed by atoms with van der Waals surface area (Å²) in [6, 6.07) is 4.61. The highest BCUT2D eigenvalue weighted by molar-refractivity contribution is 6.30. The quantitative estimate of drug-likeness (QED) is 0.837. The lowest BCUT2D eigenvalue weighted by molar-refractivity contribution is 0.127. The van der Waals surface area contributed by atoms with E-state index in [1.165, 1.54) is 6.07 Å². The molecule has 0 radical (unpaired) electrons. The molecule has 1 aromatic rings. The molecule has 0 heterocycles. The first kappa shape index (κ1) is 13.4. The van der Waals surface area contributed by atoms with E-state index in [9.17, 15) is 9.50 Å². The molecule has 0 fully saturated rings. The van der Waals surface area contributed by atoms with Crippen LogP contribution in [0.5, 0.6) is 0 Å². The molecule has 0 aliphatic rings. The second-order valence-corrected chi connectivity index (χ2v) is 4.55. The third-order valence-electron chi connectivity index (χ3n) is 3.08. The van der Waals surface area contributed by atoms with E-state index in [1.54, 1.807) is 12.1 Å². The molecule has 0 spiro atoms. The molecule has 4 heteroatoms. The highest BCUT2D eigenvalue weighted by Crippen LogP contribution is 2.27. The van der Waals surface area contributed by atoms with Gasteiger partial charge in [0.15, 0.2) is 0 Å². The Bertz CT molecular complexity index is 345. The molecule has 0 saturated carbocycles. The lowest BCUT2D eigenvalue weighted by Crippen LogP contribution is -2.35. The average molecular weight is 246 g/mol. The van der Waals surface area contributed by atoms with Gasteiger partial charge in [-0.25, -0.2) is 4.39 Å². The monoisotopic (exact) mass is 245 g/mol. The summed E-state index contributed by atoms with van der Waals surface area (Å²) in [6.07, 6.45) is 1.38. The summed E-state index contributed by atoms with van der Waals surface area (Å²) in [5.74, 6) is -0.427. The molecular weight excluding hydrogens is 229 g/mol. The van der Waals surface area contributed by atoms with Crippen molar-refractivity contribution in [1.29, 1.82) is 0 Å². The van der Waals surface area contributed by atoms with Crippen molar-refractivity contribution >= 4 is 11.6 Å². The first-order valence-electron chi connectivity index (χ1n) is 5.32. The Morgan fingerprint density at radius 3 is 2.62 bits per heavy atom. The number of halogens is 2. The molecule has 2 nitrogen and oxygen atoms in total. The summed E-state index contributed by atoms with van der Waals surface area (Å²) in [4.78, 5) is 0. The van der Waals surface area contributed by atoms with E-state index < -0.39 is 5.82 Å². The summed E-state index contributed by atoms with van der Waals surface area (Å²) in [5, 5.41) is 9.48. The summed E-state index contributed by atoms with van der Waals surface area (Å²) in [5.41, 5.74) is 6.24. The number of nitrogens with two attached hydrogens (primary N) is 1. The fraction of sp³-hybridized carbons (Fsp3) is 0.500. The van der Waals surface area contributed by atoms with E-state index in [4.69, 9.17) is 17.3 Å². The van der Waals surface area contributed by atoms with Gasteiger partial charge in [-0.3, -0.25) is 0 Å². The van der Waals surface area contributed by atoms with Crippen LogP contribution in [0.4, 0.5) is 4.39 Å². The van der Waals surface area contributed by atoms with Gasteiger partial charge in [0.2, 0.25) is 0 Å². The molecule has 0 aliphatic carbocycles. The fourth-order valence-electron chi connectivity index (χ4n) is 1.66. The Hall–Kier alpha value is -0.640. The molecule has 0 saturated heterocycles. The first-order chi connectivity index (χ1) is 7.56. The highest BCUT2D eigenvalue weighted by Gasteiger charge is 2.26. The van der Waals surface area contributed by atoms with Crippen molar-refractivity contribution in [1.82, 2.24) is 0 Å². The average Bonchev–Trinajstić information content (AvgIpc) is 2.31. The van der Waals surface area contributed by atoms with Crippen LogP contribution in [-0.4, -0.2) is 18.3 Å². The van der Waals surface area contributed by atoms with E-state index in [2.05, 4.69) is 0 Å². The minimum absolute atomic E-state index is 0.0228. The van der Waals surface area contributed by atoms with Crippen LogP contribution in [0.15, 0.2) is 18.2 Å². The van der Waals surface area contributed by atoms with E-state index in [-0.39, 0.29) is 17.0 Å². The molecule has 0 aliphatic heterocycles. The van der Waals surface area contributed by atoms with Crippen molar-refractivity contribution in [2.45, 2.75) is 19.8 Å². The molecule has 0 amide bonds. The van der Waals surface area contributed by atoms with E-state index in [0.717, 1.165) is 12.0 Å². The Morgan fingerprint density at radius 1 is 1.50 bits per heavy atom. The molecule has 90 valence electrons. The van der Waals surface area contributed by atoms with Crippen molar-refractivity contribution in [3.8, 4) is 0 Å². The van der Waals surface area contributed by atoms with Crippen LogP contribution < -0.4 is 5.73 Å². The second-order valence-electron chi connectivity index (χ2n) is 4.14. The maximum atomic E-state index is 13.0. The minimum atomic E-state index is -0.427. The third kappa shape index (κ3) is 2.94. The van der Waals surface area contributed by atoms with Gasteiger partial charge in [0.05, 0.1) is 11.6 Å². The summed E-state index contributed by atoms with van der Waals surface area (Å²) in [6.45, 7) is 2.40. The number of aliphatic hydroxyl groups excluding tert-OH is 1. The van der Waals surface area contributed by atoms with Crippen LogP contribution in [0.25, 0.3) is 0 Å². The Labute approximate surface area is 100 Å². The van der Waals surface area contributed by atoms with Crippen molar-refractivity contribution < 1.29 is 9.50 Å². The Morgan fingerprint density at radius 2 is 2.19 bits per heavy atom. The normalized spacial score (nSPS) is 14.8. The largest absolute Gasteiger partial charge is 0.396 e. The van der Waals surface area contributed by atoms with Crippen LogP contribution in [0.1, 0.15) is 18.9 Å². The number of hydrogen-bond donors (Lipinski definition) is 2. The molecule has 0 aromatic heterocycles. The molecule has 1 atom stereocenters. The van der Waals surface area contributed by atoms with E-state index in [1.807, 2.05) is 6.92 Å². The molecular formula is C12H17ClFNO. The minimum Gasteiger partial charge on any atom is -0.396 e. The van der Waals surface area contributed by atoms with Crippen molar-refractivity contribution in [2.24, 2.45) is 11.1 Å². The molecule has 0 bridgehead atoms. The Kier molecular flexibility index (Phi) is 4.71. The van der Waals surface area contributed by atoms with Gasteiger partial charge in [-0.15, -0.1) is 0 Å². The summed E-state index contributed by atoms with van der Waals surface area (Å²) in [7, 11) is 0. The van der Waals surface area contributed by atoms with Crippen LogP contribution in [0.2, 0.25) is 5.02 Å². The van der Waals surface area contributed by atoms with Crippen LogP contribution in [-0.2, 0) is 6.42 Å². The molecule has 3 N–H and O–H groups in total. The summed E-state index contributed by atoms with van der Waals surface area (Å²) < 4.78 is 13.0. The maximum Gasteiger partial charge on any atom is 0.141 e. The number of aliphatic hydroxyl groups is 1. The standard InChI is InChI=1S/C12H17ClFNO/c1-2-12(7-15,8-16)6-9-3-4-11(14)10(13)5-9/h3-5,16H,2,6-8,15H2,1H3. The number of benzene rings is 1. The third-order valence-corrected chi connectivity index (χ3v) is 3.37. The predicted octanol–water partition coefficient (Wildman–Crippen LogP) is 2.37. The molecule has 1 rings (SSSR count). The fourth-order valence-corrected chi connectivity index (χ4v) is 1.86. The first-order valence-corrected chi connectivity index (χ1v) is 5.69. The number of rotatable bonds is 5. The SMILES string of the molecule is CCC(CN)(CO)Cc1ccc(F)c(Cl)c1. The van der Waals surface area contributed by atoms with Crippen molar-refractivity contribution in [3.63, 3.8) is 0 Å². The van der Waals surface area contributed by atoms with Crippen molar-refractivity contribution in [2.75, 3.05) is 13.2 Å². The predicted molar refractivity (Wildman–Crippen MR) is 64.0 cm³/mol. The zero-order valence-electron chi connectivity index (χ0n) is 9.34. The maximum absolute atomic E-state index is 13.0.